The number of nitrogens with one attached hydrogen (secondary N) is 1. The highest BCUT2D eigenvalue weighted by atomic mass is 14.9. The minimum Gasteiger partial charge on any atom is -0.307 e. The first-order chi connectivity index (χ1) is 8.31. The molecule has 0 aliphatic rings. The average molecular weight is 233 g/mol. The summed E-state index contributed by atoms with van der Waals surface area (Å²) in [7, 11) is 0. The van der Waals surface area contributed by atoms with Gasteiger partial charge in [0.1, 0.15) is 0 Å². The highest BCUT2D eigenvalue weighted by molar-refractivity contribution is 5.18. The zero-order valence-corrected chi connectivity index (χ0v) is 11.6. The number of rotatable bonds is 8. The summed E-state index contributed by atoms with van der Waals surface area (Å²) >= 11 is 0. The number of hydrogen-bond acceptors (Lipinski definition) is 1. The molecule has 0 aliphatic heterocycles. The Hall–Kier alpha value is -0.820. The van der Waals surface area contributed by atoms with Gasteiger partial charge in [0, 0.05) is 12.1 Å². The summed E-state index contributed by atoms with van der Waals surface area (Å²) < 4.78 is 0. The Morgan fingerprint density at radius 2 is 1.65 bits per heavy atom. The number of hydrogen-bond donors (Lipinski definition) is 1. The SMILES string of the molecule is CCCCC(NC(CC)CC)c1ccccc1. The lowest BCUT2D eigenvalue weighted by atomic mass is 9.99. The van der Waals surface area contributed by atoms with Crippen LogP contribution in [0.5, 0.6) is 0 Å². The summed E-state index contributed by atoms with van der Waals surface area (Å²) in [6.07, 6.45) is 6.25. The maximum Gasteiger partial charge on any atom is 0.0322 e. The third kappa shape index (κ3) is 4.91. The first-order valence-electron chi connectivity index (χ1n) is 7.12. The van der Waals surface area contributed by atoms with E-state index in [2.05, 4.69) is 56.4 Å². The molecule has 1 nitrogen and oxygen atoms in total. The second kappa shape index (κ2) is 8.30. The summed E-state index contributed by atoms with van der Waals surface area (Å²) in [6.45, 7) is 6.80. The van der Waals surface area contributed by atoms with E-state index in [1.165, 1.54) is 37.7 Å². The van der Waals surface area contributed by atoms with Gasteiger partial charge < -0.3 is 5.32 Å². The van der Waals surface area contributed by atoms with Crippen LogP contribution in [0.3, 0.4) is 0 Å². The minimum atomic E-state index is 0.529. The van der Waals surface area contributed by atoms with Gasteiger partial charge in [-0.25, -0.2) is 0 Å². The summed E-state index contributed by atoms with van der Waals surface area (Å²) in [5.74, 6) is 0. The van der Waals surface area contributed by atoms with Crippen LogP contribution in [0.4, 0.5) is 0 Å². The zero-order valence-electron chi connectivity index (χ0n) is 11.6. The van der Waals surface area contributed by atoms with Crippen molar-refractivity contribution in [2.75, 3.05) is 0 Å². The molecule has 1 unspecified atom stereocenters. The lowest BCUT2D eigenvalue weighted by Crippen LogP contribution is -2.31. The van der Waals surface area contributed by atoms with E-state index in [-0.39, 0.29) is 0 Å². The van der Waals surface area contributed by atoms with Crippen LogP contribution in [0.1, 0.15) is 64.5 Å². The summed E-state index contributed by atoms with van der Waals surface area (Å²) in [6, 6.07) is 12.0. The van der Waals surface area contributed by atoms with Crippen molar-refractivity contribution in [3.63, 3.8) is 0 Å². The molecule has 1 heteroatoms. The maximum atomic E-state index is 3.80. The van der Waals surface area contributed by atoms with E-state index in [1.807, 2.05) is 0 Å². The molecule has 0 bridgehead atoms. The first-order valence-corrected chi connectivity index (χ1v) is 7.12. The third-order valence-electron chi connectivity index (χ3n) is 3.47. The zero-order chi connectivity index (χ0) is 12.5. The quantitative estimate of drug-likeness (QED) is 0.686. The van der Waals surface area contributed by atoms with Gasteiger partial charge in [0.05, 0.1) is 0 Å². The Morgan fingerprint density at radius 3 is 2.18 bits per heavy atom. The van der Waals surface area contributed by atoms with Gasteiger partial charge in [-0.2, -0.15) is 0 Å². The van der Waals surface area contributed by atoms with Gasteiger partial charge in [0.15, 0.2) is 0 Å². The van der Waals surface area contributed by atoms with Crippen LogP contribution in [0, 0.1) is 0 Å². The fraction of sp³-hybridized carbons (Fsp3) is 0.625. The van der Waals surface area contributed by atoms with Crippen LogP contribution in [0.25, 0.3) is 0 Å². The third-order valence-corrected chi connectivity index (χ3v) is 3.47. The van der Waals surface area contributed by atoms with E-state index >= 15 is 0 Å². The van der Waals surface area contributed by atoms with Crippen LogP contribution in [0.2, 0.25) is 0 Å². The van der Waals surface area contributed by atoms with Crippen molar-refractivity contribution in [2.24, 2.45) is 0 Å². The number of benzene rings is 1. The van der Waals surface area contributed by atoms with Crippen molar-refractivity contribution in [1.82, 2.24) is 5.32 Å². The van der Waals surface area contributed by atoms with Gasteiger partial charge in [-0.3, -0.25) is 0 Å². The van der Waals surface area contributed by atoms with Crippen molar-refractivity contribution < 1.29 is 0 Å². The lowest BCUT2D eigenvalue weighted by Gasteiger charge is -2.24. The smallest absolute Gasteiger partial charge is 0.0322 e. The first kappa shape index (κ1) is 14.2. The highest BCUT2D eigenvalue weighted by Crippen LogP contribution is 2.20. The average Bonchev–Trinajstić information content (AvgIpc) is 2.40. The molecule has 0 aromatic heterocycles. The Morgan fingerprint density at radius 1 is 1.00 bits per heavy atom. The molecule has 0 heterocycles. The van der Waals surface area contributed by atoms with Crippen molar-refractivity contribution >= 4 is 0 Å². The summed E-state index contributed by atoms with van der Waals surface area (Å²) in [5.41, 5.74) is 1.44. The van der Waals surface area contributed by atoms with Crippen molar-refractivity contribution in [1.29, 1.82) is 0 Å². The molecule has 1 rings (SSSR count). The Balaban J connectivity index is 2.66. The molecule has 0 saturated carbocycles. The predicted octanol–water partition coefficient (Wildman–Crippen LogP) is 4.70. The van der Waals surface area contributed by atoms with Crippen LogP contribution >= 0.6 is 0 Å². The summed E-state index contributed by atoms with van der Waals surface area (Å²) in [5, 5.41) is 3.80. The molecule has 1 atom stereocenters. The monoisotopic (exact) mass is 233 g/mol. The molecule has 17 heavy (non-hydrogen) atoms. The van der Waals surface area contributed by atoms with E-state index < -0.39 is 0 Å². The van der Waals surface area contributed by atoms with E-state index in [0.29, 0.717) is 12.1 Å². The molecule has 0 aliphatic carbocycles. The standard InChI is InChI=1S/C16H27N/c1-4-7-13-16(17-15(5-2)6-3)14-11-9-8-10-12-14/h8-12,15-17H,4-7,13H2,1-3H3. The Labute approximate surface area is 107 Å². The molecule has 96 valence electrons. The van der Waals surface area contributed by atoms with E-state index in [1.54, 1.807) is 0 Å². The molecule has 1 N–H and O–H groups in total. The van der Waals surface area contributed by atoms with Gasteiger partial charge in [0.2, 0.25) is 0 Å². The minimum absolute atomic E-state index is 0.529. The molecule has 0 saturated heterocycles. The second-order valence-corrected chi connectivity index (χ2v) is 4.79. The Bertz CT molecular complexity index is 277. The van der Waals surface area contributed by atoms with Crippen LogP contribution in [-0.2, 0) is 0 Å². The van der Waals surface area contributed by atoms with Gasteiger partial charge in [-0.1, -0.05) is 63.9 Å². The van der Waals surface area contributed by atoms with Crippen molar-refractivity contribution in [2.45, 2.75) is 65.0 Å². The van der Waals surface area contributed by atoms with Gasteiger partial charge >= 0.3 is 0 Å². The topological polar surface area (TPSA) is 12.0 Å². The normalized spacial score (nSPS) is 12.9. The van der Waals surface area contributed by atoms with Crippen LogP contribution < -0.4 is 5.32 Å². The summed E-state index contributed by atoms with van der Waals surface area (Å²) in [4.78, 5) is 0. The Kier molecular flexibility index (Phi) is 6.95. The fourth-order valence-electron chi connectivity index (χ4n) is 2.25. The fourth-order valence-corrected chi connectivity index (χ4v) is 2.25. The van der Waals surface area contributed by atoms with Crippen LogP contribution in [0.15, 0.2) is 30.3 Å². The van der Waals surface area contributed by atoms with Gasteiger partial charge in [0.25, 0.3) is 0 Å². The van der Waals surface area contributed by atoms with Gasteiger partial charge in [-0.05, 0) is 24.8 Å². The number of unbranched alkanes of at least 4 members (excludes halogenated alkanes) is 1. The molecular formula is C16H27N. The van der Waals surface area contributed by atoms with Crippen molar-refractivity contribution in [3.8, 4) is 0 Å². The van der Waals surface area contributed by atoms with Crippen LogP contribution in [-0.4, -0.2) is 6.04 Å². The largest absolute Gasteiger partial charge is 0.307 e. The molecule has 0 amide bonds. The molecule has 1 aromatic rings. The molecule has 0 spiro atoms. The maximum absolute atomic E-state index is 3.80. The predicted molar refractivity (Wildman–Crippen MR) is 76.2 cm³/mol. The highest BCUT2D eigenvalue weighted by Gasteiger charge is 2.13. The van der Waals surface area contributed by atoms with E-state index in [4.69, 9.17) is 0 Å². The molecular weight excluding hydrogens is 206 g/mol. The second-order valence-electron chi connectivity index (χ2n) is 4.79. The van der Waals surface area contributed by atoms with E-state index in [9.17, 15) is 0 Å². The van der Waals surface area contributed by atoms with E-state index in [0.717, 1.165) is 0 Å². The van der Waals surface area contributed by atoms with Crippen molar-refractivity contribution in [3.05, 3.63) is 35.9 Å². The molecule has 1 aromatic carbocycles. The lowest BCUT2D eigenvalue weighted by molar-refractivity contribution is 0.391. The van der Waals surface area contributed by atoms with Gasteiger partial charge in [-0.15, -0.1) is 0 Å². The molecule has 0 radical (unpaired) electrons. The molecule has 0 fully saturated rings.